The molecule has 0 aliphatic rings. The molecule has 126 valence electrons. The average molecular weight is 352 g/mol. The Kier molecular flexibility index (Phi) is 4.56. The van der Waals surface area contributed by atoms with E-state index in [-0.39, 0.29) is 6.04 Å². The van der Waals surface area contributed by atoms with Crippen molar-refractivity contribution in [2.45, 2.75) is 26.8 Å². The Morgan fingerprint density at radius 2 is 2.08 bits per heavy atom. The molecular weight excluding hydrogens is 334 g/mol. The summed E-state index contributed by atoms with van der Waals surface area (Å²) in [5, 5.41) is 1.27. The van der Waals surface area contributed by atoms with Crippen molar-refractivity contribution < 1.29 is 0 Å². The second-order valence-electron chi connectivity index (χ2n) is 5.97. The molecule has 0 spiro atoms. The first-order valence-corrected chi connectivity index (χ1v) is 8.30. The van der Waals surface area contributed by atoms with Crippen molar-refractivity contribution in [3.8, 4) is 0 Å². The molecule has 0 aliphatic carbocycles. The van der Waals surface area contributed by atoms with E-state index in [0.717, 1.165) is 27.9 Å². The summed E-state index contributed by atoms with van der Waals surface area (Å²) in [5.41, 5.74) is 4.19. The maximum Gasteiger partial charge on any atom is 0.190 e. The number of rotatable bonds is 2. The lowest BCUT2D eigenvalue weighted by Crippen LogP contribution is -2.18. The Balaban J connectivity index is 2.24. The van der Waals surface area contributed by atoms with Gasteiger partial charge in [-0.3, -0.25) is 4.99 Å². The van der Waals surface area contributed by atoms with Crippen LogP contribution in [0.15, 0.2) is 35.5 Å². The van der Waals surface area contributed by atoms with E-state index in [1.165, 1.54) is 0 Å². The molecule has 0 radical (unpaired) electrons. The van der Waals surface area contributed by atoms with Gasteiger partial charge in [-0.05, 0) is 38.0 Å². The van der Waals surface area contributed by atoms with Gasteiger partial charge in [-0.1, -0.05) is 29.8 Å². The molecule has 0 saturated carbocycles. The number of nitrogens with zero attached hydrogens (tertiary/aromatic N) is 5. The number of pyridine rings is 1. The molecule has 1 aromatic carbocycles. The van der Waals surface area contributed by atoms with Crippen LogP contribution in [0.25, 0.3) is 15.7 Å². The first-order valence-electron chi connectivity index (χ1n) is 7.92. The zero-order chi connectivity index (χ0) is 18.1. The van der Waals surface area contributed by atoms with Crippen molar-refractivity contribution >= 4 is 28.2 Å². The Morgan fingerprint density at radius 3 is 2.80 bits per heavy atom. The predicted molar refractivity (Wildman–Crippen MR) is 99.7 cm³/mol. The highest BCUT2D eigenvalue weighted by atomic mass is 35.5. The number of benzene rings is 1. The van der Waals surface area contributed by atoms with E-state index < -0.39 is 0 Å². The Bertz CT molecular complexity index is 1080. The van der Waals surface area contributed by atoms with Gasteiger partial charge >= 0.3 is 0 Å². The van der Waals surface area contributed by atoms with E-state index in [9.17, 15) is 0 Å². The van der Waals surface area contributed by atoms with Gasteiger partial charge in [0.25, 0.3) is 0 Å². The van der Waals surface area contributed by atoms with Crippen LogP contribution in [0, 0.1) is 20.4 Å². The lowest BCUT2D eigenvalue weighted by Gasteiger charge is -2.13. The van der Waals surface area contributed by atoms with E-state index in [4.69, 9.17) is 23.2 Å². The highest BCUT2D eigenvalue weighted by Crippen LogP contribution is 2.28. The minimum Gasteiger partial charge on any atom is -0.331 e. The van der Waals surface area contributed by atoms with E-state index in [0.29, 0.717) is 16.3 Å². The molecule has 0 fully saturated rings. The fraction of sp³-hybridized carbons (Fsp3) is 0.263. The summed E-state index contributed by atoms with van der Waals surface area (Å²) in [6, 6.07) is 7.38. The summed E-state index contributed by atoms with van der Waals surface area (Å²) in [7, 11) is 1.94. The van der Waals surface area contributed by atoms with Gasteiger partial charge in [0.05, 0.1) is 24.3 Å². The maximum absolute atomic E-state index is 7.28. The average Bonchev–Trinajstić information content (AvgIpc) is 2.59. The zero-order valence-electron chi connectivity index (χ0n) is 14.6. The van der Waals surface area contributed by atoms with Gasteiger partial charge in [0.15, 0.2) is 11.2 Å². The summed E-state index contributed by atoms with van der Waals surface area (Å²) in [6.45, 7) is 13.2. The quantitative estimate of drug-likeness (QED) is 0.505. The fourth-order valence-corrected chi connectivity index (χ4v) is 3.06. The van der Waals surface area contributed by atoms with Crippen LogP contribution in [-0.2, 0) is 7.05 Å². The van der Waals surface area contributed by atoms with Gasteiger partial charge in [-0.15, -0.1) is 0 Å². The summed E-state index contributed by atoms with van der Waals surface area (Å²) in [4.78, 5) is 17.2. The molecule has 0 saturated heterocycles. The summed E-state index contributed by atoms with van der Waals surface area (Å²) >= 11 is 6.08. The highest BCUT2D eigenvalue weighted by Gasteiger charge is 2.11. The first-order chi connectivity index (χ1) is 11.9. The lowest BCUT2D eigenvalue weighted by molar-refractivity contribution is 0.755. The number of halogens is 1. The number of hydrogen-bond donors (Lipinski definition) is 0. The molecular formula is C19H18ClN5. The molecule has 5 nitrogen and oxygen atoms in total. The minimum atomic E-state index is -0.128. The summed E-state index contributed by atoms with van der Waals surface area (Å²) < 4.78 is 1.97. The van der Waals surface area contributed by atoms with Crippen LogP contribution in [0.5, 0.6) is 0 Å². The molecule has 6 heteroatoms. The van der Waals surface area contributed by atoms with Crippen molar-refractivity contribution in [1.29, 1.82) is 0 Å². The Hall–Kier alpha value is -2.71. The number of aryl methyl sites for hydroxylation is 2. The van der Waals surface area contributed by atoms with Gasteiger partial charge in [-0.2, -0.15) is 0 Å². The van der Waals surface area contributed by atoms with E-state index >= 15 is 0 Å². The van der Waals surface area contributed by atoms with Gasteiger partial charge < -0.3 is 4.57 Å². The SMILES string of the molecule is [C-]#[N+]c1cccc([C@@H](C)N=c2nc(C)n(C)c3cnc(Cl)cc23)c1C. The van der Waals surface area contributed by atoms with Crippen LogP contribution in [0.3, 0.4) is 0 Å². The van der Waals surface area contributed by atoms with Gasteiger partial charge in [0.2, 0.25) is 0 Å². The molecule has 0 amide bonds. The molecule has 3 rings (SSSR count). The summed E-state index contributed by atoms with van der Waals surface area (Å²) in [5.74, 6) is 0.842. The molecule has 1 atom stereocenters. The van der Waals surface area contributed by atoms with Crippen molar-refractivity contribution in [3.63, 3.8) is 0 Å². The topological polar surface area (TPSA) is 47.4 Å². The van der Waals surface area contributed by atoms with Crippen molar-refractivity contribution in [3.05, 3.63) is 69.5 Å². The zero-order valence-corrected chi connectivity index (χ0v) is 15.3. The molecule has 0 aliphatic heterocycles. The van der Waals surface area contributed by atoms with Crippen LogP contribution in [0.2, 0.25) is 5.15 Å². The van der Waals surface area contributed by atoms with E-state index in [1.54, 1.807) is 12.3 Å². The van der Waals surface area contributed by atoms with Crippen LogP contribution in [0.1, 0.15) is 29.9 Å². The highest BCUT2D eigenvalue weighted by molar-refractivity contribution is 6.30. The largest absolute Gasteiger partial charge is 0.331 e. The van der Waals surface area contributed by atoms with Crippen LogP contribution >= 0.6 is 11.6 Å². The van der Waals surface area contributed by atoms with Gasteiger partial charge in [0.1, 0.15) is 11.0 Å². The Labute approximate surface area is 151 Å². The predicted octanol–water partition coefficient (Wildman–Crippen LogP) is 4.45. The second-order valence-corrected chi connectivity index (χ2v) is 6.36. The summed E-state index contributed by atoms with van der Waals surface area (Å²) in [6.07, 6.45) is 1.74. The smallest absolute Gasteiger partial charge is 0.190 e. The number of fused-ring (bicyclic) bond motifs is 1. The molecule has 2 aromatic heterocycles. The molecule has 0 unspecified atom stereocenters. The van der Waals surface area contributed by atoms with E-state index in [1.807, 2.05) is 50.6 Å². The molecule has 2 heterocycles. The number of hydrogen-bond acceptors (Lipinski definition) is 3. The van der Waals surface area contributed by atoms with Crippen molar-refractivity contribution in [2.24, 2.45) is 12.0 Å². The van der Waals surface area contributed by atoms with Crippen LogP contribution < -0.4 is 5.49 Å². The van der Waals surface area contributed by atoms with Crippen molar-refractivity contribution in [1.82, 2.24) is 14.5 Å². The lowest BCUT2D eigenvalue weighted by atomic mass is 10.0. The Morgan fingerprint density at radius 1 is 1.32 bits per heavy atom. The fourth-order valence-electron chi connectivity index (χ4n) is 2.90. The van der Waals surface area contributed by atoms with E-state index in [2.05, 4.69) is 14.8 Å². The first kappa shape index (κ1) is 17.1. The third kappa shape index (κ3) is 3.13. The molecule has 3 aromatic rings. The van der Waals surface area contributed by atoms with Crippen molar-refractivity contribution in [2.75, 3.05) is 0 Å². The number of aromatic nitrogens is 3. The van der Waals surface area contributed by atoms with Gasteiger partial charge in [0, 0.05) is 12.4 Å². The molecule has 0 bridgehead atoms. The second kappa shape index (κ2) is 6.66. The third-order valence-corrected chi connectivity index (χ3v) is 4.65. The van der Waals surface area contributed by atoms with Gasteiger partial charge in [-0.25, -0.2) is 14.8 Å². The molecule has 0 N–H and O–H groups in total. The van der Waals surface area contributed by atoms with Crippen LogP contribution in [-0.4, -0.2) is 14.5 Å². The molecule has 25 heavy (non-hydrogen) atoms. The monoisotopic (exact) mass is 351 g/mol. The standard InChI is InChI=1S/C19H18ClN5/c1-11-14(7-6-8-16(11)21-4)12(2)23-19-15-9-18(20)22-10-17(15)25(5)13(3)24-19/h6-10,12H,1-3,5H3/t12-/m1/s1. The normalized spacial score (nSPS) is 13.0. The third-order valence-electron chi connectivity index (χ3n) is 4.44. The van der Waals surface area contributed by atoms with Crippen LogP contribution in [0.4, 0.5) is 5.69 Å². The minimum absolute atomic E-state index is 0.128. The maximum atomic E-state index is 7.28.